The van der Waals surface area contributed by atoms with Crippen LogP contribution in [-0.2, 0) is 0 Å². The van der Waals surface area contributed by atoms with Gasteiger partial charge >= 0.3 is 0 Å². The molecule has 1 aliphatic rings. The Morgan fingerprint density at radius 3 is 2.86 bits per heavy atom. The van der Waals surface area contributed by atoms with E-state index in [0.717, 1.165) is 0 Å². The lowest BCUT2D eigenvalue weighted by Crippen LogP contribution is -2.22. The van der Waals surface area contributed by atoms with Crippen LogP contribution in [0.25, 0.3) is 0 Å². The number of carbonyl (C=O) groups excluding carboxylic acids is 2. The van der Waals surface area contributed by atoms with Crippen LogP contribution in [0.5, 0.6) is 0 Å². The van der Waals surface area contributed by atoms with Gasteiger partial charge in [0.05, 0.1) is 5.56 Å². The molecule has 0 saturated carbocycles. The van der Waals surface area contributed by atoms with Crippen LogP contribution in [0.15, 0.2) is 30.0 Å². The zero-order chi connectivity index (χ0) is 10.1. The van der Waals surface area contributed by atoms with Gasteiger partial charge in [0.2, 0.25) is 5.78 Å². The van der Waals surface area contributed by atoms with E-state index >= 15 is 0 Å². The topological polar surface area (TPSA) is 73.1 Å². The van der Waals surface area contributed by atoms with Gasteiger partial charge in [0.1, 0.15) is 5.69 Å². The lowest BCUT2D eigenvalue weighted by Gasteiger charge is -2.11. The predicted octanol–water partition coefficient (Wildman–Crippen LogP) is 0.346. The van der Waals surface area contributed by atoms with Gasteiger partial charge in [-0.2, -0.15) is 0 Å². The van der Waals surface area contributed by atoms with Crippen LogP contribution >= 0.6 is 0 Å². The Balaban J connectivity index is 2.61. The maximum Gasteiger partial charge on any atom is 0.205 e. The normalized spacial score (nSPS) is 15.1. The molecule has 2 N–H and O–H groups in total. The third-order valence-electron chi connectivity index (χ3n) is 2.10. The van der Waals surface area contributed by atoms with Crippen LogP contribution in [0.1, 0.15) is 20.8 Å². The number of ketones is 2. The molecule has 1 aromatic heterocycles. The highest BCUT2D eigenvalue weighted by Crippen LogP contribution is 2.18. The number of rotatable bonds is 1. The second-order valence-corrected chi connectivity index (χ2v) is 2.97. The molecule has 1 heterocycles. The Bertz CT molecular complexity index is 449. The van der Waals surface area contributed by atoms with Gasteiger partial charge < -0.3 is 5.73 Å². The minimum Gasteiger partial charge on any atom is -0.326 e. The van der Waals surface area contributed by atoms with E-state index in [2.05, 4.69) is 4.98 Å². The van der Waals surface area contributed by atoms with Crippen LogP contribution in [0, 0.1) is 0 Å². The second-order valence-electron chi connectivity index (χ2n) is 2.97. The van der Waals surface area contributed by atoms with Gasteiger partial charge in [-0.05, 0) is 18.2 Å². The maximum absolute atomic E-state index is 11.7. The molecule has 4 nitrogen and oxygen atoms in total. The third-order valence-corrected chi connectivity index (χ3v) is 2.10. The zero-order valence-corrected chi connectivity index (χ0v) is 7.36. The molecular weight excluding hydrogens is 180 g/mol. The fourth-order valence-electron chi connectivity index (χ4n) is 1.40. The van der Waals surface area contributed by atoms with Crippen molar-refractivity contribution in [3.05, 3.63) is 41.2 Å². The zero-order valence-electron chi connectivity index (χ0n) is 7.36. The molecule has 1 aliphatic carbocycles. The smallest absolute Gasteiger partial charge is 0.205 e. The fourth-order valence-corrected chi connectivity index (χ4v) is 1.40. The Morgan fingerprint density at radius 1 is 1.36 bits per heavy atom. The minimum atomic E-state index is -0.249. The number of hydrogen-bond acceptors (Lipinski definition) is 4. The van der Waals surface area contributed by atoms with E-state index in [-0.39, 0.29) is 23.8 Å². The minimum absolute atomic E-state index is 0.0822. The largest absolute Gasteiger partial charge is 0.326 e. The van der Waals surface area contributed by atoms with Crippen molar-refractivity contribution in [2.24, 2.45) is 5.73 Å². The van der Waals surface area contributed by atoms with Crippen molar-refractivity contribution in [1.82, 2.24) is 4.98 Å². The summed E-state index contributed by atoms with van der Waals surface area (Å²) in [6, 6.07) is 3.22. The molecule has 2 rings (SSSR count). The third kappa shape index (κ3) is 1.16. The number of hydrogen-bond donors (Lipinski definition) is 1. The van der Waals surface area contributed by atoms with Crippen molar-refractivity contribution in [3.8, 4) is 0 Å². The molecule has 0 fully saturated rings. The maximum atomic E-state index is 11.7. The predicted molar refractivity (Wildman–Crippen MR) is 50.0 cm³/mol. The molecule has 0 atom stereocenters. The van der Waals surface area contributed by atoms with Crippen molar-refractivity contribution in [1.29, 1.82) is 0 Å². The van der Waals surface area contributed by atoms with Crippen LogP contribution in [0.2, 0.25) is 0 Å². The van der Waals surface area contributed by atoms with E-state index in [4.69, 9.17) is 5.73 Å². The number of allylic oxidation sites excluding steroid dienone is 1. The highest BCUT2D eigenvalue weighted by molar-refractivity contribution is 6.23. The van der Waals surface area contributed by atoms with Gasteiger partial charge in [0.25, 0.3) is 0 Å². The van der Waals surface area contributed by atoms with Gasteiger partial charge in [-0.15, -0.1) is 0 Å². The van der Waals surface area contributed by atoms with E-state index in [1.165, 1.54) is 12.3 Å². The van der Waals surface area contributed by atoms with Gasteiger partial charge in [0, 0.05) is 18.3 Å². The molecule has 0 bridgehead atoms. The van der Waals surface area contributed by atoms with Crippen molar-refractivity contribution in [2.45, 2.75) is 0 Å². The van der Waals surface area contributed by atoms with Crippen LogP contribution in [0.3, 0.4) is 0 Å². The summed E-state index contributed by atoms with van der Waals surface area (Å²) < 4.78 is 0. The summed E-state index contributed by atoms with van der Waals surface area (Å²) in [5, 5.41) is 0. The average molecular weight is 188 g/mol. The molecule has 1 aromatic rings. The van der Waals surface area contributed by atoms with Crippen molar-refractivity contribution in [2.75, 3.05) is 6.54 Å². The number of fused-ring (bicyclic) bond motifs is 1. The molecule has 0 spiro atoms. The standard InChI is InChI=1S/C10H8N2O2/c11-5-6-4-8(13)9-7(10(6)14)2-1-3-12-9/h1-4H,5,11H2. The molecule has 70 valence electrons. The van der Waals surface area contributed by atoms with Crippen molar-refractivity contribution in [3.63, 3.8) is 0 Å². The number of nitrogens with two attached hydrogens (primary N) is 1. The fraction of sp³-hybridized carbons (Fsp3) is 0.100. The summed E-state index contributed by atoms with van der Waals surface area (Å²) in [5.74, 6) is -0.448. The SMILES string of the molecule is NCC1=CC(=O)c2ncccc2C1=O. The summed E-state index contributed by atoms with van der Waals surface area (Å²) in [6.45, 7) is 0.0822. The first-order chi connectivity index (χ1) is 6.74. The number of carbonyl (C=O) groups is 2. The summed E-state index contributed by atoms with van der Waals surface area (Å²) in [6.07, 6.45) is 2.75. The molecular formula is C10H8N2O2. The monoisotopic (exact) mass is 188 g/mol. The van der Waals surface area contributed by atoms with E-state index in [0.29, 0.717) is 11.1 Å². The number of nitrogens with zero attached hydrogens (tertiary/aromatic N) is 1. The molecule has 0 aromatic carbocycles. The van der Waals surface area contributed by atoms with Crippen LogP contribution < -0.4 is 5.73 Å². The molecule has 0 aliphatic heterocycles. The van der Waals surface area contributed by atoms with E-state index in [9.17, 15) is 9.59 Å². The van der Waals surface area contributed by atoms with Gasteiger partial charge in [0.15, 0.2) is 5.78 Å². The number of pyridine rings is 1. The Hall–Kier alpha value is -1.81. The molecule has 0 amide bonds. The van der Waals surface area contributed by atoms with Gasteiger partial charge in [-0.25, -0.2) is 0 Å². The van der Waals surface area contributed by atoms with E-state index < -0.39 is 0 Å². The lowest BCUT2D eigenvalue weighted by molar-refractivity contribution is 0.0980. The van der Waals surface area contributed by atoms with Gasteiger partial charge in [-0.1, -0.05) is 0 Å². The first-order valence-corrected chi connectivity index (χ1v) is 4.18. The summed E-state index contributed by atoms with van der Waals surface area (Å²) in [4.78, 5) is 27.0. The Kier molecular flexibility index (Phi) is 1.98. The average Bonchev–Trinajstić information content (AvgIpc) is 2.23. The molecule has 0 radical (unpaired) electrons. The van der Waals surface area contributed by atoms with Gasteiger partial charge in [-0.3, -0.25) is 14.6 Å². The summed E-state index contributed by atoms with van der Waals surface area (Å²) in [5.41, 5.74) is 6.26. The van der Waals surface area contributed by atoms with E-state index in [1.807, 2.05) is 0 Å². The van der Waals surface area contributed by atoms with Crippen molar-refractivity contribution >= 4 is 11.6 Å². The highest BCUT2D eigenvalue weighted by Gasteiger charge is 2.24. The Labute approximate surface area is 80.4 Å². The molecule has 0 unspecified atom stereocenters. The molecule has 14 heavy (non-hydrogen) atoms. The number of Topliss-reactive ketones (excluding diaryl/α,β-unsaturated/α-hetero) is 1. The van der Waals surface area contributed by atoms with Crippen LogP contribution in [-0.4, -0.2) is 23.1 Å². The number of aromatic nitrogens is 1. The Morgan fingerprint density at radius 2 is 2.14 bits per heavy atom. The van der Waals surface area contributed by atoms with Crippen molar-refractivity contribution < 1.29 is 9.59 Å². The lowest BCUT2D eigenvalue weighted by atomic mass is 9.93. The molecule has 4 heteroatoms. The first kappa shape index (κ1) is 8.77. The quantitative estimate of drug-likeness (QED) is 0.690. The second kappa shape index (κ2) is 3.16. The highest BCUT2D eigenvalue weighted by atomic mass is 16.1. The molecule has 0 saturated heterocycles. The van der Waals surface area contributed by atoms with E-state index in [1.54, 1.807) is 12.1 Å². The summed E-state index contributed by atoms with van der Waals surface area (Å²) in [7, 11) is 0. The first-order valence-electron chi connectivity index (χ1n) is 4.18. The van der Waals surface area contributed by atoms with Crippen LogP contribution in [0.4, 0.5) is 0 Å². The summed E-state index contributed by atoms with van der Waals surface area (Å²) >= 11 is 0.